The van der Waals surface area contributed by atoms with Crippen LogP contribution in [0.25, 0.3) is 0 Å². The molecule has 2 rings (SSSR count). The van der Waals surface area contributed by atoms with Crippen molar-refractivity contribution in [3.05, 3.63) is 0 Å². The Morgan fingerprint density at radius 1 is 1.35 bits per heavy atom. The van der Waals surface area contributed by atoms with E-state index in [9.17, 15) is 5.26 Å². The van der Waals surface area contributed by atoms with Gasteiger partial charge in [0.1, 0.15) is 5.54 Å². The molecule has 1 aliphatic carbocycles. The van der Waals surface area contributed by atoms with Crippen LogP contribution in [0, 0.1) is 23.2 Å². The Morgan fingerprint density at radius 3 is 2.80 bits per heavy atom. The van der Waals surface area contributed by atoms with E-state index in [0.29, 0.717) is 12.0 Å². The Hall–Kier alpha value is -0.590. The van der Waals surface area contributed by atoms with E-state index in [-0.39, 0.29) is 5.54 Å². The third kappa shape index (κ3) is 3.74. The van der Waals surface area contributed by atoms with Crippen LogP contribution in [0.3, 0.4) is 0 Å². The topological polar surface area (TPSA) is 39.1 Å². The molecule has 0 radical (unpaired) electrons. The van der Waals surface area contributed by atoms with E-state index < -0.39 is 0 Å². The lowest BCUT2D eigenvalue weighted by Gasteiger charge is -2.35. The summed E-state index contributed by atoms with van der Waals surface area (Å²) in [5.41, 5.74) is -0.254. The van der Waals surface area contributed by atoms with Gasteiger partial charge in [0.05, 0.1) is 6.07 Å². The van der Waals surface area contributed by atoms with Gasteiger partial charge in [0.2, 0.25) is 0 Å². The molecular weight excluding hydrogens is 246 g/mol. The second kappa shape index (κ2) is 6.91. The zero-order valence-corrected chi connectivity index (χ0v) is 13.5. The van der Waals surface area contributed by atoms with Crippen LogP contribution in [0.4, 0.5) is 0 Å². The lowest BCUT2D eigenvalue weighted by Crippen LogP contribution is -2.51. The smallest absolute Gasteiger partial charge is 0.109 e. The summed E-state index contributed by atoms with van der Waals surface area (Å²) in [5, 5.41) is 13.3. The highest BCUT2D eigenvalue weighted by atomic mass is 15.1. The number of likely N-dealkylation sites (tertiary alicyclic amines) is 1. The molecule has 0 amide bonds. The highest BCUT2D eigenvalue weighted by Gasteiger charge is 2.43. The van der Waals surface area contributed by atoms with Gasteiger partial charge in [-0.3, -0.25) is 5.32 Å². The Kier molecular flexibility index (Phi) is 5.46. The second-order valence-corrected chi connectivity index (χ2v) is 7.31. The van der Waals surface area contributed by atoms with Crippen molar-refractivity contribution < 1.29 is 0 Å². The van der Waals surface area contributed by atoms with Crippen molar-refractivity contribution in [2.45, 2.75) is 70.9 Å². The zero-order valence-electron chi connectivity index (χ0n) is 13.5. The van der Waals surface area contributed by atoms with Crippen molar-refractivity contribution in [2.24, 2.45) is 11.8 Å². The predicted octanol–water partition coefficient (Wildman–Crippen LogP) is 3.17. The largest absolute Gasteiger partial charge is 0.303 e. The molecule has 3 nitrogen and oxygen atoms in total. The molecule has 1 saturated heterocycles. The Bertz CT molecular complexity index is 347. The molecule has 1 heterocycles. The fourth-order valence-electron chi connectivity index (χ4n) is 4.18. The maximum absolute atomic E-state index is 9.69. The summed E-state index contributed by atoms with van der Waals surface area (Å²) in [6.07, 6.45) is 7.37. The number of piperidine rings is 1. The van der Waals surface area contributed by atoms with Gasteiger partial charge in [-0.15, -0.1) is 0 Å². The zero-order chi connectivity index (χ0) is 14.6. The van der Waals surface area contributed by atoms with Crippen LogP contribution in [0.5, 0.6) is 0 Å². The molecule has 3 atom stereocenters. The molecule has 0 bridgehead atoms. The quantitative estimate of drug-likeness (QED) is 0.839. The van der Waals surface area contributed by atoms with E-state index in [0.717, 1.165) is 12.3 Å². The van der Waals surface area contributed by atoms with Gasteiger partial charge in [-0.25, -0.2) is 0 Å². The maximum atomic E-state index is 9.69. The van der Waals surface area contributed by atoms with Crippen molar-refractivity contribution in [3.63, 3.8) is 0 Å². The van der Waals surface area contributed by atoms with Gasteiger partial charge in [-0.2, -0.15) is 5.26 Å². The van der Waals surface area contributed by atoms with Crippen molar-refractivity contribution >= 4 is 0 Å². The minimum atomic E-state index is -0.254. The van der Waals surface area contributed by atoms with Crippen molar-refractivity contribution in [1.29, 1.82) is 5.26 Å². The number of nitrogens with one attached hydrogen (secondary N) is 1. The lowest BCUT2D eigenvalue weighted by atomic mass is 9.85. The molecule has 1 N–H and O–H groups in total. The first-order chi connectivity index (χ1) is 9.55. The minimum absolute atomic E-state index is 0.254. The molecule has 3 unspecified atom stereocenters. The van der Waals surface area contributed by atoms with Crippen LogP contribution in [-0.4, -0.2) is 36.1 Å². The predicted molar refractivity (Wildman–Crippen MR) is 83.4 cm³/mol. The third-order valence-corrected chi connectivity index (χ3v) is 5.10. The molecule has 2 aliphatic rings. The second-order valence-electron chi connectivity index (χ2n) is 7.31. The Balaban J connectivity index is 1.89. The van der Waals surface area contributed by atoms with Gasteiger partial charge in [-0.1, -0.05) is 13.3 Å². The van der Waals surface area contributed by atoms with Crippen molar-refractivity contribution in [3.8, 4) is 6.07 Å². The standard InChI is InChI=1S/C17H31N3/c1-14(2)19-17(13-18)9-4-7-16(17)8-11-20-10-5-6-15(3)12-20/h14-16,19H,4-12H2,1-3H3. The van der Waals surface area contributed by atoms with Crippen molar-refractivity contribution in [1.82, 2.24) is 10.2 Å². The fraction of sp³-hybridized carbons (Fsp3) is 0.941. The molecule has 3 heteroatoms. The maximum Gasteiger partial charge on any atom is 0.109 e. The molecule has 20 heavy (non-hydrogen) atoms. The van der Waals surface area contributed by atoms with E-state index in [1.54, 1.807) is 0 Å². The number of nitrogens with zero attached hydrogens (tertiary/aromatic N) is 2. The highest BCUT2D eigenvalue weighted by Crippen LogP contribution is 2.38. The summed E-state index contributed by atoms with van der Waals surface area (Å²) in [4.78, 5) is 2.62. The van der Waals surface area contributed by atoms with Crippen LogP contribution < -0.4 is 5.32 Å². The number of rotatable bonds is 5. The molecular formula is C17H31N3. The summed E-state index contributed by atoms with van der Waals surface area (Å²) in [7, 11) is 0. The lowest BCUT2D eigenvalue weighted by molar-refractivity contribution is 0.161. The summed E-state index contributed by atoms with van der Waals surface area (Å²) in [5.74, 6) is 1.38. The van der Waals surface area contributed by atoms with E-state index >= 15 is 0 Å². The average Bonchev–Trinajstić information content (AvgIpc) is 2.79. The molecule has 2 fully saturated rings. The van der Waals surface area contributed by atoms with Gasteiger partial charge in [0, 0.05) is 12.6 Å². The highest BCUT2D eigenvalue weighted by molar-refractivity contribution is 5.14. The summed E-state index contributed by atoms with van der Waals surface area (Å²) in [6.45, 7) is 10.4. The summed E-state index contributed by atoms with van der Waals surface area (Å²) >= 11 is 0. The van der Waals surface area contributed by atoms with Crippen LogP contribution in [-0.2, 0) is 0 Å². The SMILES string of the molecule is CC1CCCN(CCC2CCCC2(C#N)NC(C)C)C1. The normalized spacial score (nSPS) is 35.4. The van der Waals surface area contributed by atoms with E-state index in [1.165, 1.54) is 51.7 Å². The van der Waals surface area contributed by atoms with Gasteiger partial charge in [0.15, 0.2) is 0 Å². The molecule has 1 aliphatic heterocycles. The van der Waals surface area contributed by atoms with E-state index in [2.05, 4.69) is 37.1 Å². The molecule has 114 valence electrons. The van der Waals surface area contributed by atoms with Gasteiger partial charge < -0.3 is 4.90 Å². The van der Waals surface area contributed by atoms with Crippen LogP contribution >= 0.6 is 0 Å². The van der Waals surface area contributed by atoms with Crippen LogP contribution in [0.1, 0.15) is 59.3 Å². The summed E-state index contributed by atoms with van der Waals surface area (Å²) < 4.78 is 0. The number of hydrogen-bond acceptors (Lipinski definition) is 3. The molecule has 0 spiro atoms. The molecule has 1 saturated carbocycles. The minimum Gasteiger partial charge on any atom is -0.303 e. The van der Waals surface area contributed by atoms with E-state index in [1.807, 2.05) is 0 Å². The van der Waals surface area contributed by atoms with Crippen LogP contribution in [0.2, 0.25) is 0 Å². The molecule has 0 aromatic heterocycles. The van der Waals surface area contributed by atoms with Gasteiger partial charge >= 0.3 is 0 Å². The van der Waals surface area contributed by atoms with E-state index in [4.69, 9.17) is 0 Å². The van der Waals surface area contributed by atoms with Gasteiger partial charge in [-0.05, 0) is 70.9 Å². The van der Waals surface area contributed by atoms with Crippen LogP contribution in [0.15, 0.2) is 0 Å². The first-order valence-electron chi connectivity index (χ1n) is 8.47. The monoisotopic (exact) mass is 277 g/mol. The average molecular weight is 277 g/mol. The molecule has 0 aromatic rings. The molecule has 0 aromatic carbocycles. The number of nitriles is 1. The Labute approximate surface area is 124 Å². The van der Waals surface area contributed by atoms with Gasteiger partial charge in [0.25, 0.3) is 0 Å². The van der Waals surface area contributed by atoms with Crippen molar-refractivity contribution in [2.75, 3.05) is 19.6 Å². The Morgan fingerprint density at radius 2 is 2.15 bits per heavy atom. The first kappa shape index (κ1) is 15.8. The first-order valence-corrected chi connectivity index (χ1v) is 8.47. The third-order valence-electron chi connectivity index (χ3n) is 5.10. The number of hydrogen-bond donors (Lipinski definition) is 1. The summed E-state index contributed by atoms with van der Waals surface area (Å²) in [6, 6.07) is 3.02. The fourth-order valence-corrected chi connectivity index (χ4v) is 4.18.